The van der Waals surface area contributed by atoms with Gasteiger partial charge < -0.3 is 10.0 Å². The molecule has 0 saturated carbocycles. The number of aryl methyl sites for hydroxylation is 1. The molecule has 0 saturated heterocycles. The molecule has 6 nitrogen and oxygen atoms in total. The zero-order valence-electron chi connectivity index (χ0n) is 11.1. The number of carboxylic acids is 1. The van der Waals surface area contributed by atoms with Gasteiger partial charge in [0.15, 0.2) is 0 Å². The molecule has 3 rings (SSSR count). The van der Waals surface area contributed by atoms with Crippen molar-refractivity contribution in [2.75, 3.05) is 11.9 Å². The van der Waals surface area contributed by atoms with Crippen LogP contribution in [0, 0.1) is 0 Å². The number of carbonyl (C=O) groups is 2. The Bertz CT molecular complexity index is 733. The SMILES string of the molecule is CN1C(=O)Cc2cc(-c3cc(C(=O)O)n(C)n3)ccc21. The number of carboxylic acid groups (broad SMARTS) is 1. The van der Waals surface area contributed by atoms with Gasteiger partial charge in [-0.3, -0.25) is 9.48 Å². The first-order valence-electron chi connectivity index (χ1n) is 6.14. The molecule has 1 aromatic heterocycles. The normalized spacial score (nSPS) is 13.7. The lowest BCUT2D eigenvalue weighted by Crippen LogP contribution is -2.20. The fourth-order valence-corrected chi connectivity index (χ4v) is 2.44. The van der Waals surface area contributed by atoms with Crippen LogP contribution < -0.4 is 4.90 Å². The molecule has 0 spiro atoms. The number of anilines is 1. The van der Waals surface area contributed by atoms with Crippen LogP contribution in [0.15, 0.2) is 24.3 Å². The predicted molar refractivity (Wildman–Crippen MR) is 72.7 cm³/mol. The van der Waals surface area contributed by atoms with Crippen LogP contribution in [0.4, 0.5) is 5.69 Å². The number of hydrogen-bond donors (Lipinski definition) is 1. The van der Waals surface area contributed by atoms with E-state index in [0.29, 0.717) is 12.1 Å². The molecule has 0 fully saturated rings. The number of hydrogen-bond acceptors (Lipinski definition) is 3. The fraction of sp³-hybridized carbons (Fsp3) is 0.214. The highest BCUT2D eigenvalue weighted by Gasteiger charge is 2.24. The van der Waals surface area contributed by atoms with E-state index < -0.39 is 5.97 Å². The van der Waals surface area contributed by atoms with E-state index in [-0.39, 0.29) is 11.6 Å². The van der Waals surface area contributed by atoms with Crippen LogP contribution in [0.1, 0.15) is 16.1 Å². The van der Waals surface area contributed by atoms with Gasteiger partial charge in [0, 0.05) is 25.3 Å². The zero-order chi connectivity index (χ0) is 14.4. The van der Waals surface area contributed by atoms with E-state index >= 15 is 0 Å². The van der Waals surface area contributed by atoms with E-state index in [9.17, 15) is 9.59 Å². The second kappa shape index (κ2) is 4.19. The van der Waals surface area contributed by atoms with Crippen LogP contribution in [0.5, 0.6) is 0 Å². The third kappa shape index (κ3) is 1.77. The lowest BCUT2D eigenvalue weighted by molar-refractivity contribution is -0.117. The Morgan fingerprint density at radius 1 is 1.30 bits per heavy atom. The standard InChI is InChI=1S/C14H13N3O3/c1-16-11-4-3-8(5-9(11)6-13(16)18)10-7-12(14(19)20)17(2)15-10/h3-5,7H,6H2,1-2H3,(H,19,20). The molecule has 1 aliphatic heterocycles. The smallest absolute Gasteiger partial charge is 0.354 e. The highest BCUT2D eigenvalue weighted by atomic mass is 16.4. The van der Waals surface area contributed by atoms with Crippen molar-refractivity contribution in [2.24, 2.45) is 7.05 Å². The number of carbonyl (C=O) groups excluding carboxylic acids is 1. The topological polar surface area (TPSA) is 75.4 Å². The van der Waals surface area contributed by atoms with Crippen LogP contribution in [0.2, 0.25) is 0 Å². The molecular weight excluding hydrogens is 258 g/mol. The Balaban J connectivity index is 2.05. The predicted octanol–water partition coefficient (Wildman–Crippen LogP) is 1.30. The number of amides is 1. The maximum atomic E-state index is 11.7. The molecular formula is C14H13N3O3. The number of nitrogens with zero attached hydrogens (tertiary/aromatic N) is 3. The Morgan fingerprint density at radius 3 is 2.70 bits per heavy atom. The number of aromatic nitrogens is 2. The first-order chi connectivity index (χ1) is 9.47. The van der Waals surface area contributed by atoms with Gasteiger partial charge in [0.2, 0.25) is 5.91 Å². The number of rotatable bonds is 2. The maximum absolute atomic E-state index is 11.7. The molecule has 0 unspecified atom stereocenters. The summed E-state index contributed by atoms with van der Waals surface area (Å²) in [6.07, 6.45) is 0.373. The van der Waals surface area contributed by atoms with E-state index in [1.807, 2.05) is 18.2 Å². The summed E-state index contributed by atoms with van der Waals surface area (Å²) in [5, 5.41) is 13.2. The number of likely N-dealkylation sites (N-methyl/N-ethyl adjacent to an activating group) is 1. The third-order valence-corrected chi connectivity index (χ3v) is 3.55. The average Bonchev–Trinajstić information content (AvgIpc) is 2.91. The quantitative estimate of drug-likeness (QED) is 0.893. The summed E-state index contributed by atoms with van der Waals surface area (Å²) in [4.78, 5) is 24.3. The summed E-state index contributed by atoms with van der Waals surface area (Å²) < 4.78 is 1.34. The van der Waals surface area contributed by atoms with Crippen LogP contribution in [0.3, 0.4) is 0 Å². The third-order valence-electron chi connectivity index (χ3n) is 3.55. The van der Waals surface area contributed by atoms with Gasteiger partial charge >= 0.3 is 5.97 Å². The van der Waals surface area contributed by atoms with Gasteiger partial charge in [-0.15, -0.1) is 0 Å². The Kier molecular flexibility index (Phi) is 2.60. The molecule has 1 amide bonds. The molecule has 2 aromatic rings. The van der Waals surface area contributed by atoms with Crippen molar-refractivity contribution in [3.05, 3.63) is 35.5 Å². The summed E-state index contributed by atoms with van der Waals surface area (Å²) in [5.41, 5.74) is 3.38. The molecule has 1 N–H and O–H groups in total. The molecule has 0 atom stereocenters. The van der Waals surface area contributed by atoms with Crippen molar-refractivity contribution in [1.82, 2.24) is 9.78 Å². The van der Waals surface area contributed by atoms with Gasteiger partial charge in [0.05, 0.1) is 12.1 Å². The molecule has 0 radical (unpaired) electrons. The minimum atomic E-state index is -1.01. The summed E-state index contributed by atoms with van der Waals surface area (Å²) in [6, 6.07) is 7.14. The largest absolute Gasteiger partial charge is 0.477 e. The number of fused-ring (bicyclic) bond motifs is 1. The number of aromatic carboxylic acids is 1. The summed E-state index contributed by atoms with van der Waals surface area (Å²) in [7, 11) is 3.34. The lowest BCUT2D eigenvalue weighted by Gasteiger charge is -2.09. The summed E-state index contributed by atoms with van der Waals surface area (Å²) in [6.45, 7) is 0. The molecule has 20 heavy (non-hydrogen) atoms. The monoisotopic (exact) mass is 271 g/mol. The lowest BCUT2D eigenvalue weighted by atomic mass is 10.1. The van der Waals surface area contributed by atoms with Gasteiger partial charge in [0.1, 0.15) is 5.69 Å². The van der Waals surface area contributed by atoms with Crippen molar-refractivity contribution in [1.29, 1.82) is 0 Å². The minimum absolute atomic E-state index is 0.0596. The van der Waals surface area contributed by atoms with Crippen LogP contribution in [0.25, 0.3) is 11.3 Å². The molecule has 2 heterocycles. The highest BCUT2D eigenvalue weighted by Crippen LogP contribution is 2.31. The highest BCUT2D eigenvalue weighted by molar-refractivity contribution is 6.01. The Labute approximate surface area is 115 Å². The van der Waals surface area contributed by atoms with Crippen molar-refractivity contribution in [3.8, 4) is 11.3 Å². The van der Waals surface area contributed by atoms with E-state index in [4.69, 9.17) is 5.11 Å². The van der Waals surface area contributed by atoms with Gasteiger partial charge in [0.25, 0.3) is 0 Å². The summed E-state index contributed by atoms with van der Waals surface area (Å²) >= 11 is 0. The van der Waals surface area contributed by atoms with Crippen LogP contribution >= 0.6 is 0 Å². The van der Waals surface area contributed by atoms with E-state index in [2.05, 4.69) is 5.10 Å². The Hall–Kier alpha value is -2.63. The van der Waals surface area contributed by atoms with E-state index in [0.717, 1.165) is 16.8 Å². The Morgan fingerprint density at radius 2 is 2.05 bits per heavy atom. The van der Waals surface area contributed by atoms with Gasteiger partial charge in [-0.1, -0.05) is 6.07 Å². The van der Waals surface area contributed by atoms with E-state index in [1.165, 1.54) is 10.7 Å². The molecule has 1 aliphatic rings. The van der Waals surface area contributed by atoms with E-state index in [1.54, 1.807) is 19.0 Å². The van der Waals surface area contributed by atoms with Crippen LogP contribution in [-0.2, 0) is 18.3 Å². The maximum Gasteiger partial charge on any atom is 0.354 e. The molecule has 6 heteroatoms. The van der Waals surface area contributed by atoms with Gasteiger partial charge in [-0.25, -0.2) is 4.79 Å². The van der Waals surface area contributed by atoms with Crippen molar-refractivity contribution < 1.29 is 14.7 Å². The number of benzene rings is 1. The molecule has 102 valence electrons. The summed E-state index contributed by atoms with van der Waals surface area (Å²) in [5.74, 6) is -0.952. The van der Waals surface area contributed by atoms with Crippen molar-refractivity contribution >= 4 is 17.6 Å². The second-order valence-corrected chi connectivity index (χ2v) is 4.82. The minimum Gasteiger partial charge on any atom is -0.477 e. The second-order valence-electron chi connectivity index (χ2n) is 4.82. The molecule has 0 aliphatic carbocycles. The zero-order valence-corrected chi connectivity index (χ0v) is 11.1. The van der Waals surface area contributed by atoms with Crippen molar-refractivity contribution in [3.63, 3.8) is 0 Å². The van der Waals surface area contributed by atoms with Gasteiger partial charge in [-0.2, -0.15) is 5.10 Å². The molecule has 0 bridgehead atoms. The first-order valence-corrected chi connectivity index (χ1v) is 6.14. The van der Waals surface area contributed by atoms with Crippen LogP contribution in [-0.4, -0.2) is 33.8 Å². The van der Waals surface area contributed by atoms with Gasteiger partial charge in [-0.05, 0) is 23.8 Å². The van der Waals surface area contributed by atoms with Crippen molar-refractivity contribution in [2.45, 2.75) is 6.42 Å². The first kappa shape index (κ1) is 12.4. The molecule has 1 aromatic carbocycles. The fourth-order valence-electron chi connectivity index (χ4n) is 2.44. The average molecular weight is 271 g/mol.